The molecule has 1 aliphatic rings. The smallest absolute Gasteiger partial charge is 0.122 e. The summed E-state index contributed by atoms with van der Waals surface area (Å²) in [6, 6.07) is 6.03. The Labute approximate surface area is 111 Å². The quantitative estimate of drug-likeness (QED) is 0.882. The van der Waals surface area contributed by atoms with Gasteiger partial charge in [0.1, 0.15) is 5.75 Å². The predicted octanol–water partition coefficient (Wildman–Crippen LogP) is 3.57. The van der Waals surface area contributed by atoms with Crippen LogP contribution >= 0.6 is 0 Å². The third-order valence-corrected chi connectivity index (χ3v) is 4.29. The van der Waals surface area contributed by atoms with Crippen molar-refractivity contribution in [2.24, 2.45) is 11.8 Å². The molecule has 1 N–H and O–H groups in total. The molecule has 0 saturated carbocycles. The van der Waals surface area contributed by atoms with Crippen molar-refractivity contribution < 1.29 is 5.11 Å². The molecule has 100 valence electrons. The molecule has 1 aromatic carbocycles. The maximum absolute atomic E-state index is 10.0. The van der Waals surface area contributed by atoms with Gasteiger partial charge in [-0.05, 0) is 50.3 Å². The van der Waals surface area contributed by atoms with Gasteiger partial charge in [0.15, 0.2) is 0 Å². The fourth-order valence-corrected chi connectivity index (χ4v) is 2.87. The van der Waals surface area contributed by atoms with Gasteiger partial charge in [0, 0.05) is 12.1 Å². The molecule has 2 nitrogen and oxygen atoms in total. The molecule has 1 heterocycles. The molecule has 0 radical (unpaired) electrons. The van der Waals surface area contributed by atoms with Gasteiger partial charge in [-0.2, -0.15) is 0 Å². The van der Waals surface area contributed by atoms with Crippen molar-refractivity contribution >= 4 is 0 Å². The summed E-state index contributed by atoms with van der Waals surface area (Å²) in [4.78, 5) is 2.47. The fourth-order valence-electron chi connectivity index (χ4n) is 2.87. The van der Waals surface area contributed by atoms with Gasteiger partial charge < -0.3 is 5.11 Å². The zero-order valence-electron chi connectivity index (χ0n) is 11.8. The Morgan fingerprint density at radius 1 is 1.28 bits per heavy atom. The number of likely N-dealkylation sites (tertiary alicyclic amines) is 1. The molecule has 2 heteroatoms. The summed E-state index contributed by atoms with van der Waals surface area (Å²) in [7, 11) is 0. The molecule has 0 bridgehead atoms. The van der Waals surface area contributed by atoms with Gasteiger partial charge in [0.2, 0.25) is 0 Å². The summed E-state index contributed by atoms with van der Waals surface area (Å²) in [5.74, 6) is 2.16. The molecular formula is C16H25NO. The first-order valence-corrected chi connectivity index (χ1v) is 7.07. The Balaban J connectivity index is 1.94. The molecule has 0 atom stereocenters. The van der Waals surface area contributed by atoms with Crippen molar-refractivity contribution in [1.29, 1.82) is 0 Å². The first-order chi connectivity index (χ1) is 8.58. The maximum Gasteiger partial charge on any atom is 0.122 e. The average molecular weight is 247 g/mol. The minimum absolute atomic E-state index is 0.475. The highest BCUT2D eigenvalue weighted by Gasteiger charge is 2.22. The van der Waals surface area contributed by atoms with Crippen molar-refractivity contribution in [2.45, 2.75) is 40.2 Å². The molecule has 0 aliphatic carbocycles. The highest BCUT2D eigenvalue weighted by Crippen LogP contribution is 2.28. The van der Waals surface area contributed by atoms with Crippen LogP contribution in [0.5, 0.6) is 5.75 Å². The first-order valence-electron chi connectivity index (χ1n) is 7.07. The van der Waals surface area contributed by atoms with Crippen molar-refractivity contribution in [2.75, 3.05) is 13.1 Å². The van der Waals surface area contributed by atoms with E-state index >= 15 is 0 Å². The van der Waals surface area contributed by atoms with Crippen LogP contribution in [0, 0.1) is 18.8 Å². The summed E-state index contributed by atoms with van der Waals surface area (Å²) in [6.07, 6.45) is 2.59. The summed E-state index contributed by atoms with van der Waals surface area (Å²) in [5.41, 5.74) is 2.04. The van der Waals surface area contributed by atoms with Crippen LogP contribution in [0.1, 0.15) is 37.8 Å². The first kappa shape index (κ1) is 13.4. The Hall–Kier alpha value is -1.02. The zero-order valence-corrected chi connectivity index (χ0v) is 11.8. The third-order valence-electron chi connectivity index (χ3n) is 4.29. The highest BCUT2D eigenvalue weighted by molar-refractivity contribution is 5.39. The normalized spacial score (nSPS) is 18.4. The number of para-hydroxylation sites is 1. The van der Waals surface area contributed by atoms with E-state index in [-0.39, 0.29) is 0 Å². The molecule has 0 aromatic heterocycles. The second-order valence-electron chi connectivity index (χ2n) is 5.94. The highest BCUT2D eigenvalue weighted by atomic mass is 16.3. The molecule has 1 aliphatic heterocycles. The number of benzene rings is 1. The van der Waals surface area contributed by atoms with Gasteiger partial charge in [0.25, 0.3) is 0 Å². The van der Waals surface area contributed by atoms with E-state index in [0.717, 1.165) is 42.6 Å². The number of hydrogen-bond donors (Lipinski definition) is 1. The molecule has 0 unspecified atom stereocenters. The fraction of sp³-hybridized carbons (Fsp3) is 0.625. The standard InChI is InChI=1S/C16H25NO/c1-12(2)14-7-9-17(10-8-14)11-15-6-4-5-13(3)16(15)18/h4-6,12,14,18H,7-11H2,1-3H3. The number of phenolic OH excluding ortho intramolecular Hbond substituents is 1. The van der Waals surface area contributed by atoms with Gasteiger partial charge in [-0.15, -0.1) is 0 Å². The number of hydrogen-bond acceptors (Lipinski definition) is 2. The SMILES string of the molecule is Cc1cccc(CN2CCC(C(C)C)CC2)c1O. The van der Waals surface area contributed by atoms with Crippen molar-refractivity contribution in [3.63, 3.8) is 0 Å². The minimum atomic E-state index is 0.475. The van der Waals surface area contributed by atoms with Crippen LogP contribution in [0.3, 0.4) is 0 Å². The van der Waals surface area contributed by atoms with Crippen LogP contribution in [0.4, 0.5) is 0 Å². The van der Waals surface area contributed by atoms with Crippen LogP contribution in [0.15, 0.2) is 18.2 Å². The number of aromatic hydroxyl groups is 1. The molecule has 1 saturated heterocycles. The summed E-state index contributed by atoms with van der Waals surface area (Å²) in [6.45, 7) is 9.83. The molecule has 2 rings (SSSR count). The van der Waals surface area contributed by atoms with E-state index in [0.29, 0.717) is 5.75 Å². The Bertz CT molecular complexity index is 392. The Morgan fingerprint density at radius 2 is 1.94 bits per heavy atom. The molecule has 0 amide bonds. The molecule has 18 heavy (non-hydrogen) atoms. The Kier molecular flexibility index (Phi) is 4.28. The number of nitrogens with zero attached hydrogens (tertiary/aromatic N) is 1. The van der Waals surface area contributed by atoms with Crippen molar-refractivity contribution in [3.8, 4) is 5.75 Å². The lowest BCUT2D eigenvalue weighted by Gasteiger charge is -2.34. The van der Waals surface area contributed by atoms with Crippen LogP contribution in [0.2, 0.25) is 0 Å². The lowest BCUT2D eigenvalue weighted by Crippen LogP contribution is -2.34. The van der Waals surface area contributed by atoms with Gasteiger partial charge >= 0.3 is 0 Å². The summed E-state index contributed by atoms with van der Waals surface area (Å²) in [5, 5.41) is 10.0. The Morgan fingerprint density at radius 3 is 2.56 bits per heavy atom. The zero-order chi connectivity index (χ0) is 13.1. The van der Waals surface area contributed by atoms with Gasteiger partial charge in [-0.1, -0.05) is 32.0 Å². The maximum atomic E-state index is 10.0. The second kappa shape index (κ2) is 5.75. The van der Waals surface area contributed by atoms with E-state index in [4.69, 9.17) is 0 Å². The van der Waals surface area contributed by atoms with E-state index in [1.54, 1.807) is 0 Å². The van der Waals surface area contributed by atoms with Crippen LogP contribution in [0.25, 0.3) is 0 Å². The molecule has 1 aromatic rings. The van der Waals surface area contributed by atoms with Crippen LogP contribution in [-0.4, -0.2) is 23.1 Å². The monoisotopic (exact) mass is 247 g/mol. The topological polar surface area (TPSA) is 23.5 Å². The van der Waals surface area contributed by atoms with Gasteiger partial charge in [-0.25, -0.2) is 0 Å². The van der Waals surface area contributed by atoms with E-state index < -0.39 is 0 Å². The van der Waals surface area contributed by atoms with Crippen molar-refractivity contribution in [1.82, 2.24) is 4.90 Å². The lowest BCUT2D eigenvalue weighted by molar-refractivity contribution is 0.151. The largest absolute Gasteiger partial charge is 0.507 e. The van der Waals surface area contributed by atoms with Gasteiger partial charge in [-0.3, -0.25) is 4.90 Å². The predicted molar refractivity (Wildman–Crippen MR) is 75.7 cm³/mol. The van der Waals surface area contributed by atoms with Gasteiger partial charge in [0.05, 0.1) is 0 Å². The lowest BCUT2D eigenvalue weighted by atomic mass is 9.86. The van der Waals surface area contributed by atoms with Crippen molar-refractivity contribution in [3.05, 3.63) is 29.3 Å². The van der Waals surface area contributed by atoms with E-state index in [1.807, 2.05) is 25.1 Å². The van der Waals surface area contributed by atoms with Crippen LogP contribution in [-0.2, 0) is 6.54 Å². The number of rotatable bonds is 3. The van der Waals surface area contributed by atoms with E-state index in [1.165, 1.54) is 12.8 Å². The average Bonchev–Trinajstić information content (AvgIpc) is 2.36. The molecule has 1 fully saturated rings. The van der Waals surface area contributed by atoms with E-state index in [2.05, 4.69) is 18.7 Å². The molecule has 0 spiro atoms. The van der Waals surface area contributed by atoms with E-state index in [9.17, 15) is 5.11 Å². The summed E-state index contributed by atoms with van der Waals surface area (Å²) < 4.78 is 0. The summed E-state index contributed by atoms with van der Waals surface area (Å²) >= 11 is 0. The number of phenols is 1. The number of piperidine rings is 1. The number of aryl methyl sites for hydroxylation is 1. The third kappa shape index (κ3) is 3.05. The van der Waals surface area contributed by atoms with Crippen LogP contribution < -0.4 is 0 Å². The minimum Gasteiger partial charge on any atom is -0.507 e. The second-order valence-corrected chi connectivity index (χ2v) is 5.94. The molecular weight excluding hydrogens is 222 g/mol.